The minimum atomic E-state index is -0.667. The number of carbonyl (C=O) groups excluding carboxylic acids is 2. The fraction of sp³-hybridized carbons (Fsp3) is 0.115. The van der Waals surface area contributed by atoms with Crippen LogP contribution in [0, 0.1) is 24.0 Å². The molecule has 0 aliphatic heterocycles. The van der Waals surface area contributed by atoms with E-state index in [1.165, 1.54) is 18.2 Å². The van der Waals surface area contributed by atoms with Gasteiger partial charge in [0.1, 0.15) is 0 Å². The third-order valence-corrected chi connectivity index (χ3v) is 5.32. The van der Waals surface area contributed by atoms with Gasteiger partial charge in [0.15, 0.2) is 6.61 Å². The molecule has 0 N–H and O–H groups in total. The number of ether oxygens (including phenoxy) is 1. The van der Waals surface area contributed by atoms with Crippen molar-refractivity contribution >= 4 is 28.3 Å². The number of rotatable bonds is 6. The fourth-order valence-electron chi connectivity index (χ4n) is 3.54. The molecule has 0 aliphatic carbocycles. The Labute approximate surface area is 189 Å². The highest BCUT2D eigenvalue weighted by Gasteiger charge is 2.19. The summed E-state index contributed by atoms with van der Waals surface area (Å²) in [6.45, 7) is 2.97. The Balaban J connectivity index is 1.64. The second-order valence-electron chi connectivity index (χ2n) is 7.70. The average molecular weight is 440 g/mol. The van der Waals surface area contributed by atoms with Crippen molar-refractivity contribution in [3.63, 3.8) is 0 Å². The third-order valence-electron chi connectivity index (χ3n) is 5.32. The van der Waals surface area contributed by atoms with Crippen molar-refractivity contribution in [1.82, 2.24) is 4.98 Å². The number of pyridine rings is 1. The number of benzene rings is 3. The summed E-state index contributed by atoms with van der Waals surface area (Å²) in [5.41, 5.74) is 3.74. The maximum absolute atomic E-state index is 13.0. The first kappa shape index (κ1) is 21.8. The molecule has 0 radical (unpaired) electrons. The van der Waals surface area contributed by atoms with Crippen molar-refractivity contribution in [3.8, 4) is 11.3 Å². The van der Waals surface area contributed by atoms with Crippen molar-refractivity contribution in [2.75, 3.05) is 6.61 Å². The number of nitro groups is 1. The zero-order chi connectivity index (χ0) is 23.5. The smallest absolute Gasteiger partial charge is 0.339 e. The van der Waals surface area contributed by atoms with Crippen LogP contribution in [-0.2, 0) is 4.74 Å². The molecule has 164 valence electrons. The van der Waals surface area contributed by atoms with E-state index in [1.54, 1.807) is 13.0 Å². The second kappa shape index (κ2) is 9.00. The van der Waals surface area contributed by atoms with Gasteiger partial charge in [-0.1, -0.05) is 54.1 Å². The normalized spacial score (nSPS) is 10.7. The summed E-state index contributed by atoms with van der Waals surface area (Å²) in [6, 6.07) is 20.9. The first-order valence-electron chi connectivity index (χ1n) is 10.3. The van der Waals surface area contributed by atoms with Gasteiger partial charge in [0.2, 0.25) is 5.78 Å². The van der Waals surface area contributed by atoms with Gasteiger partial charge < -0.3 is 4.74 Å². The molecule has 0 saturated carbocycles. The molecule has 0 bridgehead atoms. The van der Waals surface area contributed by atoms with Crippen LogP contribution in [0.15, 0.2) is 72.8 Å². The number of hydrogen-bond acceptors (Lipinski definition) is 6. The van der Waals surface area contributed by atoms with Crippen molar-refractivity contribution in [2.45, 2.75) is 13.8 Å². The molecule has 4 aromatic rings. The molecule has 3 aromatic carbocycles. The molecule has 33 heavy (non-hydrogen) atoms. The Morgan fingerprint density at radius 3 is 2.45 bits per heavy atom. The van der Waals surface area contributed by atoms with Crippen LogP contribution in [0.25, 0.3) is 22.2 Å². The largest absolute Gasteiger partial charge is 0.454 e. The number of nitro benzene ring substituents is 1. The van der Waals surface area contributed by atoms with Gasteiger partial charge in [0, 0.05) is 28.1 Å². The minimum Gasteiger partial charge on any atom is -0.454 e. The summed E-state index contributed by atoms with van der Waals surface area (Å²) < 4.78 is 5.33. The van der Waals surface area contributed by atoms with Crippen molar-refractivity contribution in [1.29, 1.82) is 0 Å². The highest BCUT2D eigenvalue weighted by Crippen LogP contribution is 2.26. The molecule has 1 aromatic heterocycles. The van der Waals surface area contributed by atoms with Gasteiger partial charge in [-0.2, -0.15) is 0 Å². The first-order chi connectivity index (χ1) is 15.8. The van der Waals surface area contributed by atoms with E-state index in [4.69, 9.17) is 4.74 Å². The molecule has 7 heteroatoms. The van der Waals surface area contributed by atoms with Crippen LogP contribution in [0.1, 0.15) is 31.8 Å². The summed E-state index contributed by atoms with van der Waals surface area (Å²) in [7, 11) is 0. The number of hydrogen-bond donors (Lipinski definition) is 0. The van der Waals surface area contributed by atoms with Gasteiger partial charge in [-0.3, -0.25) is 14.9 Å². The monoisotopic (exact) mass is 440 g/mol. The lowest BCUT2D eigenvalue weighted by atomic mass is 10.0. The lowest BCUT2D eigenvalue weighted by molar-refractivity contribution is -0.385. The predicted octanol–water partition coefficient (Wildman–Crippen LogP) is 5.47. The fourth-order valence-corrected chi connectivity index (χ4v) is 3.54. The molecule has 1 heterocycles. The van der Waals surface area contributed by atoms with Crippen LogP contribution in [0.2, 0.25) is 0 Å². The van der Waals surface area contributed by atoms with Crippen LogP contribution < -0.4 is 0 Å². The van der Waals surface area contributed by atoms with E-state index < -0.39 is 23.3 Å². The van der Waals surface area contributed by atoms with Gasteiger partial charge in [0.05, 0.1) is 21.7 Å². The number of nitrogens with zero attached hydrogens (tertiary/aromatic N) is 2. The number of fused-ring (bicyclic) bond motifs is 1. The van der Waals surface area contributed by atoms with E-state index in [0.29, 0.717) is 27.7 Å². The molecule has 4 rings (SSSR count). The molecular formula is C26H20N2O5. The van der Waals surface area contributed by atoms with E-state index in [2.05, 4.69) is 4.98 Å². The maximum atomic E-state index is 13.0. The van der Waals surface area contributed by atoms with Crippen molar-refractivity contribution in [3.05, 3.63) is 105 Å². The standard InChI is InChI=1S/C26H20N2O5/c1-16-8-11-22-20(12-16)21(14-23(27-22)18-6-4-3-5-7-18)26(30)33-15-25(29)19-10-9-17(2)24(13-19)28(31)32/h3-14H,15H2,1-2H3. The number of Topliss-reactive ketones (excluding diaryl/α,β-unsaturated/α-hetero) is 1. The average Bonchev–Trinajstić information content (AvgIpc) is 2.82. The molecular weight excluding hydrogens is 420 g/mol. The molecule has 0 saturated heterocycles. The molecule has 0 fully saturated rings. The molecule has 0 spiro atoms. The van der Waals surface area contributed by atoms with Crippen molar-refractivity contribution in [2.24, 2.45) is 0 Å². The second-order valence-corrected chi connectivity index (χ2v) is 7.70. The Kier molecular flexibility index (Phi) is 5.95. The van der Waals surface area contributed by atoms with Crippen LogP contribution in [0.4, 0.5) is 5.69 Å². The Bertz CT molecular complexity index is 1400. The molecule has 0 amide bonds. The quantitative estimate of drug-likeness (QED) is 0.171. The van der Waals surface area contributed by atoms with E-state index in [0.717, 1.165) is 11.1 Å². The number of aromatic nitrogens is 1. The maximum Gasteiger partial charge on any atom is 0.339 e. The van der Waals surface area contributed by atoms with Crippen LogP contribution in [0.5, 0.6) is 0 Å². The topological polar surface area (TPSA) is 99.4 Å². The molecule has 7 nitrogen and oxygen atoms in total. The van der Waals surface area contributed by atoms with Crippen LogP contribution >= 0.6 is 0 Å². The van der Waals surface area contributed by atoms with Gasteiger partial charge >= 0.3 is 5.97 Å². The lowest BCUT2D eigenvalue weighted by Crippen LogP contribution is -2.15. The molecule has 0 aliphatic rings. The number of aryl methyl sites for hydroxylation is 2. The molecule has 0 atom stereocenters. The SMILES string of the molecule is Cc1ccc2nc(-c3ccccc3)cc(C(=O)OCC(=O)c3ccc(C)c([N+](=O)[O-])c3)c2c1. The highest BCUT2D eigenvalue weighted by molar-refractivity contribution is 6.06. The third kappa shape index (κ3) is 4.62. The van der Waals surface area contributed by atoms with E-state index in [-0.39, 0.29) is 11.3 Å². The summed E-state index contributed by atoms with van der Waals surface area (Å²) in [5, 5.41) is 11.8. The first-order valence-corrected chi connectivity index (χ1v) is 10.3. The van der Waals surface area contributed by atoms with Crippen molar-refractivity contribution < 1.29 is 19.2 Å². The summed E-state index contributed by atoms with van der Waals surface area (Å²) in [5.74, 6) is -1.19. The minimum absolute atomic E-state index is 0.112. The zero-order valence-electron chi connectivity index (χ0n) is 18.1. The highest BCUT2D eigenvalue weighted by atomic mass is 16.6. The predicted molar refractivity (Wildman–Crippen MR) is 124 cm³/mol. The number of carbonyl (C=O) groups is 2. The summed E-state index contributed by atoms with van der Waals surface area (Å²) in [4.78, 5) is 40.8. The lowest BCUT2D eigenvalue weighted by Gasteiger charge is -2.11. The van der Waals surface area contributed by atoms with Gasteiger partial charge in [-0.05, 0) is 32.0 Å². The van der Waals surface area contributed by atoms with E-state index >= 15 is 0 Å². The number of ketones is 1. The van der Waals surface area contributed by atoms with Crippen LogP contribution in [-0.4, -0.2) is 28.3 Å². The van der Waals surface area contributed by atoms with Gasteiger partial charge in [-0.25, -0.2) is 9.78 Å². The van der Waals surface area contributed by atoms with E-state index in [9.17, 15) is 19.7 Å². The Morgan fingerprint density at radius 1 is 0.970 bits per heavy atom. The van der Waals surface area contributed by atoms with E-state index in [1.807, 2.05) is 55.5 Å². The molecule has 0 unspecified atom stereocenters. The van der Waals surface area contributed by atoms with Crippen LogP contribution in [0.3, 0.4) is 0 Å². The summed E-state index contributed by atoms with van der Waals surface area (Å²) >= 11 is 0. The van der Waals surface area contributed by atoms with Gasteiger partial charge in [-0.15, -0.1) is 0 Å². The Hall–Kier alpha value is -4.39. The van der Waals surface area contributed by atoms with Gasteiger partial charge in [0.25, 0.3) is 5.69 Å². The summed E-state index contributed by atoms with van der Waals surface area (Å²) in [6.07, 6.45) is 0. The zero-order valence-corrected chi connectivity index (χ0v) is 18.1. The Morgan fingerprint density at radius 2 is 1.73 bits per heavy atom. The number of esters is 1.